The van der Waals surface area contributed by atoms with E-state index in [1.54, 1.807) is 36.4 Å². The van der Waals surface area contributed by atoms with E-state index in [0.717, 1.165) is 24.0 Å². The SMILES string of the molecule is O=C(COc1cccc(NC(=O)C2CC2)c1)NC(c1ccccc1)c1ccc(F)cc1. The van der Waals surface area contributed by atoms with Crippen LogP contribution in [0.3, 0.4) is 0 Å². The highest BCUT2D eigenvalue weighted by molar-refractivity contribution is 5.94. The van der Waals surface area contributed by atoms with Gasteiger partial charge in [0, 0.05) is 17.7 Å². The Labute approximate surface area is 180 Å². The molecular weight excluding hydrogens is 395 g/mol. The standard InChI is InChI=1S/C25H23FN2O3/c26-20-13-11-18(12-14-20)24(17-5-2-1-3-6-17)28-23(29)16-31-22-8-4-7-21(15-22)27-25(30)19-9-10-19/h1-8,11-15,19,24H,9-10,16H2,(H,27,30)(H,28,29). The molecular formula is C25H23FN2O3. The first-order chi connectivity index (χ1) is 15.1. The number of nitrogens with one attached hydrogen (secondary N) is 2. The first kappa shape index (κ1) is 20.6. The Kier molecular flexibility index (Phi) is 6.26. The predicted molar refractivity (Wildman–Crippen MR) is 116 cm³/mol. The number of hydrogen-bond acceptors (Lipinski definition) is 3. The Morgan fingerprint density at radius 1 is 0.935 bits per heavy atom. The van der Waals surface area contributed by atoms with Crippen LogP contribution < -0.4 is 15.4 Å². The molecule has 0 bridgehead atoms. The molecule has 6 heteroatoms. The maximum atomic E-state index is 13.3. The van der Waals surface area contributed by atoms with Gasteiger partial charge in [-0.1, -0.05) is 48.5 Å². The molecule has 2 amide bonds. The van der Waals surface area contributed by atoms with Crippen molar-refractivity contribution in [1.82, 2.24) is 5.32 Å². The Balaban J connectivity index is 1.40. The normalized spacial score (nSPS) is 13.8. The van der Waals surface area contributed by atoms with Crippen LogP contribution in [-0.2, 0) is 9.59 Å². The second kappa shape index (κ2) is 9.43. The molecule has 1 saturated carbocycles. The summed E-state index contributed by atoms with van der Waals surface area (Å²) in [7, 11) is 0. The molecule has 1 aliphatic carbocycles. The fourth-order valence-electron chi connectivity index (χ4n) is 3.26. The van der Waals surface area contributed by atoms with E-state index >= 15 is 0 Å². The molecule has 4 rings (SSSR count). The summed E-state index contributed by atoms with van der Waals surface area (Å²) in [4.78, 5) is 24.5. The zero-order valence-electron chi connectivity index (χ0n) is 16.9. The highest BCUT2D eigenvalue weighted by atomic mass is 19.1. The van der Waals surface area contributed by atoms with E-state index < -0.39 is 6.04 Å². The average Bonchev–Trinajstić information content (AvgIpc) is 3.63. The Hall–Kier alpha value is -3.67. The van der Waals surface area contributed by atoms with Crippen molar-refractivity contribution in [3.63, 3.8) is 0 Å². The van der Waals surface area contributed by atoms with E-state index in [-0.39, 0.29) is 30.2 Å². The maximum Gasteiger partial charge on any atom is 0.258 e. The average molecular weight is 418 g/mol. The number of carbonyl (C=O) groups excluding carboxylic acids is 2. The number of hydrogen-bond donors (Lipinski definition) is 2. The van der Waals surface area contributed by atoms with E-state index in [4.69, 9.17) is 4.74 Å². The number of anilines is 1. The van der Waals surface area contributed by atoms with Gasteiger partial charge >= 0.3 is 0 Å². The lowest BCUT2D eigenvalue weighted by Gasteiger charge is -2.20. The molecule has 0 aliphatic heterocycles. The quantitative estimate of drug-likeness (QED) is 0.568. The smallest absolute Gasteiger partial charge is 0.258 e. The van der Waals surface area contributed by atoms with Gasteiger partial charge in [0.05, 0.1) is 6.04 Å². The van der Waals surface area contributed by atoms with Crippen molar-refractivity contribution in [1.29, 1.82) is 0 Å². The maximum absolute atomic E-state index is 13.3. The van der Waals surface area contributed by atoms with Crippen molar-refractivity contribution in [3.05, 3.63) is 95.8 Å². The zero-order chi connectivity index (χ0) is 21.6. The largest absolute Gasteiger partial charge is 0.484 e. The van der Waals surface area contributed by atoms with Crippen LogP contribution >= 0.6 is 0 Å². The molecule has 0 radical (unpaired) electrons. The summed E-state index contributed by atoms with van der Waals surface area (Å²) in [6.45, 7) is -0.190. The summed E-state index contributed by atoms with van der Waals surface area (Å²) in [6, 6.07) is 22.1. The molecule has 5 nitrogen and oxygen atoms in total. The zero-order valence-corrected chi connectivity index (χ0v) is 16.9. The third kappa shape index (κ3) is 5.69. The van der Waals surface area contributed by atoms with Crippen LogP contribution in [0.15, 0.2) is 78.9 Å². The fourth-order valence-corrected chi connectivity index (χ4v) is 3.26. The molecule has 158 valence electrons. The lowest BCUT2D eigenvalue weighted by atomic mass is 9.98. The fraction of sp³-hybridized carbons (Fsp3) is 0.200. The number of amides is 2. The van der Waals surface area contributed by atoms with Crippen LogP contribution in [0, 0.1) is 11.7 Å². The van der Waals surface area contributed by atoms with Crippen molar-refractivity contribution < 1.29 is 18.7 Å². The van der Waals surface area contributed by atoms with Gasteiger partial charge in [0.1, 0.15) is 11.6 Å². The molecule has 0 aromatic heterocycles. The van der Waals surface area contributed by atoms with Crippen LogP contribution in [0.1, 0.15) is 30.0 Å². The number of carbonyl (C=O) groups is 2. The Morgan fingerprint density at radius 3 is 2.35 bits per heavy atom. The number of rotatable bonds is 8. The van der Waals surface area contributed by atoms with Gasteiger partial charge < -0.3 is 15.4 Å². The first-order valence-corrected chi connectivity index (χ1v) is 10.2. The lowest BCUT2D eigenvalue weighted by molar-refractivity contribution is -0.123. The van der Waals surface area contributed by atoms with E-state index in [2.05, 4.69) is 10.6 Å². The van der Waals surface area contributed by atoms with Gasteiger partial charge in [-0.3, -0.25) is 9.59 Å². The Morgan fingerprint density at radius 2 is 1.65 bits per heavy atom. The molecule has 0 spiro atoms. The van der Waals surface area contributed by atoms with Crippen molar-refractivity contribution in [2.24, 2.45) is 5.92 Å². The summed E-state index contributed by atoms with van der Waals surface area (Å²) in [5.74, 6) is -0.0390. The van der Waals surface area contributed by atoms with E-state index in [1.165, 1.54) is 12.1 Å². The monoisotopic (exact) mass is 418 g/mol. The molecule has 0 saturated heterocycles. The van der Waals surface area contributed by atoms with Gasteiger partial charge in [0.15, 0.2) is 6.61 Å². The van der Waals surface area contributed by atoms with Gasteiger partial charge in [-0.2, -0.15) is 0 Å². The Bertz CT molecular complexity index is 1050. The highest BCUT2D eigenvalue weighted by Gasteiger charge is 2.29. The predicted octanol–water partition coefficient (Wildman–Crippen LogP) is 4.46. The molecule has 31 heavy (non-hydrogen) atoms. The first-order valence-electron chi connectivity index (χ1n) is 10.2. The molecule has 3 aromatic carbocycles. The van der Waals surface area contributed by atoms with Gasteiger partial charge in [-0.15, -0.1) is 0 Å². The van der Waals surface area contributed by atoms with Gasteiger partial charge in [0.25, 0.3) is 5.91 Å². The van der Waals surface area contributed by atoms with Gasteiger partial charge in [-0.05, 0) is 48.2 Å². The molecule has 1 aliphatic rings. The summed E-state index contributed by atoms with van der Waals surface area (Å²) in [5.41, 5.74) is 2.29. The van der Waals surface area contributed by atoms with Crippen LogP contribution in [0.4, 0.5) is 10.1 Å². The van der Waals surface area contributed by atoms with Crippen molar-refractivity contribution in [2.45, 2.75) is 18.9 Å². The molecule has 0 heterocycles. The molecule has 3 aromatic rings. The van der Waals surface area contributed by atoms with E-state index in [0.29, 0.717) is 11.4 Å². The third-order valence-electron chi connectivity index (χ3n) is 5.06. The third-order valence-corrected chi connectivity index (χ3v) is 5.06. The van der Waals surface area contributed by atoms with Gasteiger partial charge in [-0.25, -0.2) is 4.39 Å². The molecule has 1 atom stereocenters. The summed E-state index contributed by atoms with van der Waals surface area (Å²) >= 11 is 0. The van der Waals surface area contributed by atoms with Crippen LogP contribution in [0.2, 0.25) is 0 Å². The summed E-state index contributed by atoms with van der Waals surface area (Å²) < 4.78 is 19.0. The summed E-state index contributed by atoms with van der Waals surface area (Å²) in [6.07, 6.45) is 1.86. The van der Waals surface area contributed by atoms with Crippen molar-refractivity contribution in [2.75, 3.05) is 11.9 Å². The minimum Gasteiger partial charge on any atom is -0.484 e. The van der Waals surface area contributed by atoms with Crippen LogP contribution in [0.25, 0.3) is 0 Å². The minimum absolute atomic E-state index is 0.0138. The minimum atomic E-state index is -0.429. The lowest BCUT2D eigenvalue weighted by Crippen LogP contribution is -2.33. The van der Waals surface area contributed by atoms with Crippen molar-refractivity contribution in [3.8, 4) is 5.75 Å². The number of halogens is 1. The second-order valence-corrected chi connectivity index (χ2v) is 7.54. The number of ether oxygens (including phenoxy) is 1. The van der Waals surface area contributed by atoms with Gasteiger partial charge in [0.2, 0.25) is 5.91 Å². The van der Waals surface area contributed by atoms with Crippen molar-refractivity contribution >= 4 is 17.5 Å². The highest BCUT2D eigenvalue weighted by Crippen LogP contribution is 2.30. The molecule has 1 fully saturated rings. The van der Waals surface area contributed by atoms with Crippen LogP contribution in [-0.4, -0.2) is 18.4 Å². The molecule has 1 unspecified atom stereocenters. The topological polar surface area (TPSA) is 67.4 Å². The second-order valence-electron chi connectivity index (χ2n) is 7.54. The molecule has 2 N–H and O–H groups in total. The van der Waals surface area contributed by atoms with E-state index in [1.807, 2.05) is 30.3 Å². The van der Waals surface area contributed by atoms with E-state index in [9.17, 15) is 14.0 Å². The summed E-state index contributed by atoms with van der Waals surface area (Å²) in [5, 5.41) is 5.81. The number of benzene rings is 3. The van der Waals surface area contributed by atoms with Crippen LogP contribution in [0.5, 0.6) is 5.75 Å².